The van der Waals surface area contributed by atoms with Crippen LogP contribution in [0.2, 0.25) is 0 Å². The average molecular weight is 448 g/mol. The fourth-order valence-corrected chi connectivity index (χ4v) is 4.48. The summed E-state index contributed by atoms with van der Waals surface area (Å²) in [5.74, 6) is 0. The maximum Gasteiger partial charge on any atom is 0.0237 e. The molecule has 2 aromatic carbocycles. The van der Waals surface area contributed by atoms with Crippen LogP contribution in [0.5, 0.6) is 0 Å². The van der Waals surface area contributed by atoms with E-state index in [9.17, 15) is 0 Å². The molecule has 0 bridgehead atoms. The Labute approximate surface area is 205 Å². The molecule has 0 spiro atoms. The third-order valence-corrected chi connectivity index (χ3v) is 6.48. The lowest BCUT2D eigenvalue weighted by atomic mass is 10.1. The normalized spacial score (nSPS) is 11.6. The Bertz CT molecular complexity index is 649. The van der Waals surface area contributed by atoms with Gasteiger partial charge in [-0.2, -0.15) is 0 Å². The SMILES string of the molecule is CCCCCCCC/C=C/CCCCCCCCN(Cc1ccccc1)Cc1ccccc1. The van der Waals surface area contributed by atoms with Crippen LogP contribution in [0, 0.1) is 0 Å². The standard InChI is InChI=1S/C32H49N/c1-2-3-4-5-6-7-8-9-10-11-12-13-14-15-16-23-28-33(29-31-24-19-17-20-25-31)30-32-26-21-18-22-27-32/h9-10,17-22,24-27H,2-8,11-16,23,28-30H2,1H3/b10-9+. The maximum absolute atomic E-state index is 2.61. The molecule has 0 radical (unpaired) electrons. The predicted octanol–water partition coefficient (Wildman–Crippen LogP) is 9.73. The molecular formula is C32H49N. The van der Waals surface area contributed by atoms with E-state index in [-0.39, 0.29) is 0 Å². The van der Waals surface area contributed by atoms with E-state index in [0.717, 1.165) is 13.1 Å². The van der Waals surface area contributed by atoms with Crippen LogP contribution in [-0.2, 0) is 13.1 Å². The number of hydrogen-bond donors (Lipinski definition) is 0. The Balaban J connectivity index is 1.50. The summed E-state index contributed by atoms with van der Waals surface area (Å²) in [5.41, 5.74) is 2.83. The van der Waals surface area contributed by atoms with E-state index < -0.39 is 0 Å². The van der Waals surface area contributed by atoms with Gasteiger partial charge in [-0.3, -0.25) is 4.90 Å². The highest BCUT2D eigenvalue weighted by molar-refractivity contribution is 5.17. The second-order valence-electron chi connectivity index (χ2n) is 9.62. The van der Waals surface area contributed by atoms with E-state index in [1.54, 1.807) is 0 Å². The van der Waals surface area contributed by atoms with Crippen molar-refractivity contribution in [2.75, 3.05) is 6.54 Å². The lowest BCUT2D eigenvalue weighted by Gasteiger charge is -2.22. The van der Waals surface area contributed by atoms with E-state index in [2.05, 4.69) is 84.6 Å². The van der Waals surface area contributed by atoms with Gasteiger partial charge in [0.15, 0.2) is 0 Å². The lowest BCUT2D eigenvalue weighted by Crippen LogP contribution is -2.24. The minimum atomic E-state index is 1.04. The molecule has 0 unspecified atom stereocenters. The molecule has 0 aliphatic heterocycles. The molecule has 0 saturated carbocycles. The molecular weight excluding hydrogens is 398 g/mol. The van der Waals surface area contributed by atoms with E-state index in [4.69, 9.17) is 0 Å². The minimum Gasteiger partial charge on any atom is -0.295 e. The van der Waals surface area contributed by atoms with Crippen LogP contribution < -0.4 is 0 Å². The molecule has 0 aliphatic carbocycles. The second kappa shape index (κ2) is 19.6. The zero-order valence-electron chi connectivity index (χ0n) is 21.4. The van der Waals surface area contributed by atoms with Gasteiger partial charge in [-0.25, -0.2) is 0 Å². The quantitative estimate of drug-likeness (QED) is 0.144. The summed E-state index contributed by atoms with van der Waals surface area (Å²) in [6.45, 7) is 5.56. The van der Waals surface area contributed by atoms with Gasteiger partial charge in [-0.05, 0) is 49.8 Å². The molecule has 0 aromatic heterocycles. The van der Waals surface area contributed by atoms with E-state index >= 15 is 0 Å². The molecule has 2 aromatic rings. The molecule has 1 heteroatoms. The monoisotopic (exact) mass is 447 g/mol. The molecule has 0 amide bonds. The molecule has 0 N–H and O–H groups in total. The van der Waals surface area contributed by atoms with Crippen molar-refractivity contribution in [1.29, 1.82) is 0 Å². The second-order valence-corrected chi connectivity index (χ2v) is 9.62. The van der Waals surface area contributed by atoms with Crippen LogP contribution >= 0.6 is 0 Å². The van der Waals surface area contributed by atoms with Gasteiger partial charge in [0.05, 0.1) is 0 Å². The smallest absolute Gasteiger partial charge is 0.0237 e. The Kier molecular flexibility index (Phi) is 16.3. The van der Waals surface area contributed by atoms with Gasteiger partial charge >= 0.3 is 0 Å². The number of allylic oxidation sites excluding steroid dienone is 2. The molecule has 0 saturated heterocycles. The van der Waals surface area contributed by atoms with Crippen molar-refractivity contribution >= 4 is 0 Å². The third-order valence-electron chi connectivity index (χ3n) is 6.48. The average Bonchev–Trinajstić information content (AvgIpc) is 2.85. The van der Waals surface area contributed by atoms with Crippen LogP contribution in [0.3, 0.4) is 0 Å². The fourth-order valence-electron chi connectivity index (χ4n) is 4.48. The zero-order chi connectivity index (χ0) is 23.2. The van der Waals surface area contributed by atoms with Gasteiger partial charge in [-0.15, -0.1) is 0 Å². The molecule has 2 rings (SSSR count). The molecule has 0 aliphatic rings. The van der Waals surface area contributed by atoms with Crippen LogP contribution in [-0.4, -0.2) is 11.4 Å². The number of rotatable bonds is 20. The van der Waals surface area contributed by atoms with Crippen LogP contribution in [0.25, 0.3) is 0 Å². The first-order valence-corrected chi connectivity index (χ1v) is 13.8. The van der Waals surface area contributed by atoms with Gasteiger partial charge in [-0.1, -0.05) is 138 Å². The first-order chi connectivity index (χ1) is 16.4. The number of nitrogens with zero attached hydrogens (tertiary/aromatic N) is 1. The highest BCUT2D eigenvalue weighted by Crippen LogP contribution is 2.14. The van der Waals surface area contributed by atoms with E-state index in [1.807, 2.05) is 0 Å². The van der Waals surface area contributed by atoms with Crippen molar-refractivity contribution in [3.8, 4) is 0 Å². The fraction of sp³-hybridized carbons (Fsp3) is 0.562. The van der Waals surface area contributed by atoms with Gasteiger partial charge in [0.1, 0.15) is 0 Å². The van der Waals surface area contributed by atoms with Crippen LogP contribution in [0.15, 0.2) is 72.8 Å². The van der Waals surface area contributed by atoms with E-state index in [1.165, 1.54) is 108 Å². The van der Waals surface area contributed by atoms with Crippen LogP contribution in [0.4, 0.5) is 0 Å². The van der Waals surface area contributed by atoms with Gasteiger partial charge in [0, 0.05) is 13.1 Å². The van der Waals surface area contributed by atoms with Crippen molar-refractivity contribution in [1.82, 2.24) is 4.90 Å². The minimum absolute atomic E-state index is 1.04. The molecule has 182 valence electrons. The first-order valence-electron chi connectivity index (χ1n) is 13.8. The Morgan fingerprint density at radius 3 is 1.42 bits per heavy atom. The zero-order valence-corrected chi connectivity index (χ0v) is 21.4. The maximum atomic E-state index is 2.61. The van der Waals surface area contributed by atoms with Crippen molar-refractivity contribution in [3.63, 3.8) is 0 Å². The molecule has 33 heavy (non-hydrogen) atoms. The van der Waals surface area contributed by atoms with Crippen molar-refractivity contribution in [2.24, 2.45) is 0 Å². The van der Waals surface area contributed by atoms with Gasteiger partial charge < -0.3 is 0 Å². The largest absolute Gasteiger partial charge is 0.295 e. The molecule has 0 heterocycles. The summed E-state index contributed by atoms with van der Waals surface area (Å²) in [6, 6.07) is 21.8. The van der Waals surface area contributed by atoms with Crippen molar-refractivity contribution in [3.05, 3.63) is 83.9 Å². The Morgan fingerprint density at radius 2 is 0.939 bits per heavy atom. The summed E-state index contributed by atoms with van der Waals surface area (Å²) in [4.78, 5) is 2.61. The summed E-state index contributed by atoms with van der Waals surface area (Å²) in [5, 5.41) is 0. The third kappa shape index (κ3) is 14.8. The predicted molar refractivity (Wildman–Crippen MR) is 146 cm³/mol. The Morgan fingerprint density at radius 1 is 0.515 bits per heavy atom. The van der Waals surface area contributed by atoms with Crippen LogP contribution in [0.1, 0.15) is 108 Å². The summed E-state index contributed by atoms with van der Waals surface area (Å²) in [7, 11) is 0. The van der Waals surface area contributed by atoms with Crippen molar-refractivity contribution < 1.29 is 0 Å². The van der Waals surface area contributed by atoms with Crippen molar-refractivity contribution in [2.45, 2.75) is 110 Å². The summed E-state index contributed by atoms with van der Waals surface area (Å²) >= 11 is 0. The summed E-state index contributed by atoms with van der Waals surface area (Å²) in [6.07, 6.45) is 24.0. The van der Waals surface area contributed by atoms with Gasteiger partial charge in [0.25, 0.3) is 0 Å². The molecule has 0 atom stereocenters. The first kappa shape index (κ1) is 27.4. The highest BCUT2D eigenvalue weighted by atomic mass is 15.1. The van der Waals surface area contributed by atoms with Gasteiger partial charge in [0.2, 0.25) is 0 Å². The highest BCUT2D eigenvalue weighted by Gasteiger charge is 2.07. The Hall–Kier alpha value is -1.86. The number of hydrogen-bond acceptors (Lipinski definition) is 1. The number of benzene rings is 2. The molecule has 1 nitrogen and oxygen atoms in total. The summed E-state index contributed by atoms with van der Waals surface area (Å²) < 4.78 is 0. The topological polar surface area (TPSA) is 3.24 Å². The van der Waals surface area contributed by atoms with E-state index in [0.29, 0.717) is 0 Å². The lowest BCUT2D eigenvalue weighted by molar-refractivity contribution is 0.250. The molecule has 0 fully saturated rings. The number of unbranched alkanes of at least 4 members (excludes halogenated alkanes) is 12.